The van der Waals surface area contributed by atoms with Gasteiger partial charge in [-0.15, -0.1) is 5.10 Å². The molecular formula is C17H23FN4O5. The highest BCUT2D eigenvalue weighted by Crippen LogP contribution is 2.30. The Morgan fingerprint density at radius 1 is 1.33 bits per heavy atom. The van der Waals surface area contributed by atoms with Crippen molar-refractivity contribution in [3.63, 3.8) is 0 Å². The smallest absolute Gasteiger partial charge is 0.137 e. The number of hydrogen-bond donors (Lipinski definition) is 4. The largest absolute Gasteiger partial charge is 0.394 e. The molecule has 1 aromatic carbocycles. The summed E-state index contributed by atoms with van der Waals surface area (Å²) in [6.07, 6.45) is -2.63. The summed E-state index contributed by atoms with van der Waals surface area (Å²) in [5.41, 5.74) is 0.913. The number of aliphatic hydroxyl groups is 3. The van der Waals surface area contributed by atoms with E-state index in [4.69, 9.17) is 9.47 Å². The molecule has 5 atom stereocenters. The van der Waals surface area contributed by atoms with Gasteiger partial charge in [-0.3, -0.25) is 5.32 Å². The van der Waals surface area contributed by atoms with Crippen LogP contribution in [0.25, 0.3) is 11.3 Å². The third-order valence-corrected chi connectivity index (χ3v) is 4.48. The Balaban J connectivity index is 1.84. The van der Waals surface area contributed by atoms with Gasteiger partial charge in [0.1, 0.15) is 42.1 Å². The lowest BCUT2D eigenvalue weighted by Crippen LogP contribution is -2.60. The van der Waals surface area contributed by atoms with Gasteiger partial charge in [-0.2, -0.15) is 0 Å². The quantitative estimate of drug-likeness (QED) is 0.464. The second-order valence-corrected chi connectivity index (χ2v) is 6.29. The van der Waals surface area contributed by atoms with E-state index in [1.807, 2.05) is 0 Å². The molecule has 1 aliphatic rings. The number of aliphatic hydroxyl groups excluding tert-OH is 3. The fourth-order valence-corrected chi connectivity index (χ4v) is 3.09. The zero-order valence-corrected chi connectivity index (χ0v) is 14.8. The first-order valence-electron chi connectivity index (χ1n) is 8.57. The van der Waals surface area contributed by atoms with Crippen molar-refractivity contribution in [2.45, 2.75) is 30.6 Å². The molecule has 1 aliphatic heterocycles. The van der Waals surface area contributed by atoms with Gasteiger partial charge in [0.15, 0.2) is 0 Å². The molecule has 1 aromatic heterocycles. The highest BCUT2D eigenvalue weighted by molar-refractivity contribution is 5.57. The predicted octanol–water partition coefficient (Wildman–Crippen LogP) is -0.700. The fraction of sp³-hybridized carbons (Fsp3) is 0.529. The number of aromatic nitrogens is 3. The number of methoxy groups -OCH3 is 1. The van der Waals surface area contributed by atoms with Crippen LogP contribution in [0.4, 0.5) is 4.39 Å². The van der Waals surface area contributed by atoms with Gasteiger partial charge in [-0.1, -0.05) is 17.3 Å². The Morgan fingerprint density at radius 2 is 2.15 bits per heavy atom. The zero-order chi connectivity index (χ0) is 19.4. The predicted molar refractivity (Wildman–Crippen MR) is 92.1 cm³/mol. The van der Waals surface area contributed by atoms with Crippen LogP contribution in [0.1, 0.15) is 6.04 Å². The Morgan fingerprint density at radius 3 is 2.85 bits per heavy atom. The minimum absolute atomic E-state index is 0.393. The molecule has 0 amide bonds. The van der Waals surface area contributed by atoms with E-state index in [1.165, 1.54) is 23.0 Å². The van der Waals surface area contributed by atoms with Crippen molar-refractivity contribution in [1.29, 1.82) is 0 Å². The Kier molecular flexibility index (Phi) is 6.47. The molecule has 2 aromatic rings. The summed E-state index contributed by atoms with van der Waals surface area (Å²) >= 11 is 0. The van der Waals surface area contributed by atoms with Crippen LogP contribution >= 0.6 is 0 Å². The van der Waals surface area contributed by atoms with Crippen molar-refractivity contribution < 1.29 is 29.2 Å². The van der Waals surface area contributed by atoms with Gasteiger partial charge < -0.3 is 24.8 Å². The third-order valence-electron chi connectivity index (χ3n) is 4.48. The maximum atomic E-state index is 13.4. The van der Waals surface area contributed by atoms with E-state index in [2.05, 4.69) is 15.6 Å². The number of ether oxygens (including phenoxy) is 2. The van der Waals surface area contributed by atoms with Crippen molar-refractivity contribution in [3.8, 4) is 11.3 Å². The summed E-state index contributed by atoms with van der Waals surface area (Å²) in [5, 5.41) is 41.7. The molecule has 0 aliphatic carbocycles. The normalized spacial score (nSPS) is 28.4. The van der Waals surface area contributed by atoms with Gasteiger partial charge in [0.2, 0.25) is 0 Å². The fourth-order valence-electron chi connectivity index (χ4n) is 3.09. The maximum absolute atomic E-state index is 13.4. The Labute approximate surface area is 155 Å². The molecule has 148 valence electrons. The second-order valence-electron chi connectivity index (χ2n) is 6.29. The summed E-state index contributed by atoms with van der Waals surface area (Å²) in [6.45, 7) is 0.375. The van der Waals surface area contributed by atoms with Crippen molar-refractivity contribution in [2.75, 3.05) is 26.9 Å². The Hall–Kier alpha value is -1.95. The van der Waals surface area contributed by atoms with Gasteiger partial charge in [-0.25, -0.2) is 9.07 Å². The van der Waals surface area contributed by atoms with Gasteiger partial charge in [-0.05, 0) is 12.1 Å². The highest BCUT2D eigenvalue weighted by atomic mass is 19.1. The molecule has 5 unspecified atom stereocenters. The molecule has 0 saturated carbocycles. The van der Waals surface area contributed by atoms with E-state index in [0.29, 0.717) is 24.4 Å². The van der Waals surface area contributed by atoms with Gasteiger partial charge in [0.25, 0.3) is 0 Å². The molecular weight excluding hydrogens is 359 g/mol. The molecule has 1 saturated heterocycles. The third kappa shape index (κ3) is 4.32. The van der Waals surface area contributed by atoms with Crippen molar-refractivity contribution in [3.05, 3.63) is 36.3 Å². The average molecular weight is 382 g/mol. The van der Waals surface area contributed by atoms with Crippen LogP contribution in [0.3, 0.4) is 0 Å². The van der Waals surface area contributed by atoms with Crippen LogP contribution in [0.15, 0.2) is 30.5 Å². The standard InChI is InChI=1S/C17H23FN4O5/c1-26-6-5-19-17-16(25)14(15(24)13(9-23)27-17)22-8-12(20-21-22)10-3-2-4-11(18)7-10/h2-4,7-8,13-17,19,23-25H,5-6,9H2,1H3. The first-order chi connectivity index (χ1) is 13.0. The van der Waals surface area contributed by atoms with Gasteiger partial charge in [0.05, 0.1) is 19.4 Å². The lowest BCUT2D eigenvalue weighted by Gasteiger charge is -2.42. The first kappa shape index (κ1) is 19.8. The van der Waals surface area contributed by atoms with Crippen LogP contribution < -0.4 is 5.32 Å². The van der Waals surface area contributed by atoms with Gasteiger partial charge in [0, 0.05) is 19.2 Å². The van der Waals surface area contributed by atoms with Crippen molar-refractivity contribution in [1.82, 2.24) is 20.3 Å². The topological polar surface area (TPSA) is 122 Å². The molecule has 3 rings (SSSR count). The SMILES string of the molecule is COCCNC1OC(CO)C(O)C(n2cc(-c3cccc(F)c3)nn2)C1O. The summed E-state index contributed by atoms with van der Waals surface area (Å²) < 4.78 is 25.2. The number of hydrogen-bond acceptors (Lipinski definition) is 8. The Bertz CT molecular complexity index is 746. The monoisotopic (exact) mass is 382 g/mol. The first-order valence-corrected chi connectivity index (χ1v) is 8.57. The van der Waals surface area contributed by atoms with E-state index in [1.54, 1.807) is 19.2 Å². The van der Waals surface area contributed by atoms with E-state index >= 15 is 0 Å². The molecule has 0 radical (unpaired) electrons. The minimum atomic E-state index is -1.22. The number of nitrogens with zero attached hydrogens (tertiary/aromatic N) is 3. The highest BCUT2D eigenvalue weighted by Gasteiger charge is 2.45. The van der Waals surface area contributed by atoms with Crippen LogP contribution in [0.2, 0.25) is 0 Å². The molecule has 9 nitrogen and oxygen atoms in total. The zero-order valence-electron chi connectivity index (χ0n) is 14.8. The molecule has 0 spiro atoms. The minimum Gasteiger partial charge on any atom is -0.394 e. The number of nitrogens with one attached hydrogen (secondary N) is 1. The molecule has 0 bridgehead atoms. The molecule has 1 fully saturated rings. The molecule has 27 heavy (non-hydrogen) atoms. The van der Waals surface area contributed by atoms with Crippen molar-refractivity contribution in [2.24, 2.45) is 0 Å². The van der Waals surface area contributed by atoms with E-state index in [9.17, 15) is 19.7 Å². The van der Waals surface area contributed by atoms with Crippen LogP contribution in [0, 0.1) is 5.82 Å². The summed E-state index contributed by atoms with van der Waals surface area (Å²) in [7, 11) is 1.55. The lowest BCUT2D eigenvalue weighted by atomic mass is 9.95. The average Bonchev–Trinajstić information content (AvgIpc) is 3.13. The van der Waals surface area contributed by atoms with Gasteiger partial charge >= 0.3 is 0 Å². The van der Waals surface area contributed by atoms with Crippen LogP contribution in [-0.4, -0.2) is 81.7 Å². The second kappa shape index (κ2) is 8.83. The molecule has 10 heteroatoms. The number of rotatable bonds is 7. The van der Waals surface area contributed by atoms with E-state index < -0.39 is 43.0 Å². The summed E-state index contributed by atoms with van der Waals surface area (Å²) in [5.74, 6) is -0.407. The van der Waals surface area contributed by atoms with E-state index in [0.717, 1.165) is 0 Å². The summed E-state index contributed by atoms with van der Waals surface area (Å²) in [6, 6.07) is 4.96. The molecule has 4 N–H and O–H groups in total. The van der Waals surface area contributed by atoms with Crippen LogP contribution in [0.5, 0.6) is 0 Å². The van der Waals surface area contributed by atoms with Crippen LogP contribution in [-0.2, 0) is 9.47 Å². The lowest BCUT2D eigenvalue weighted by molar-refractivity contribution is -0.214. The number of halogens is 1. The van der Waals surface area contributed by atoms with E-state index in [-0.39, 0.29) is 0 Å². The molecule has 2 heterocycles. The maximum Gasteiger partial charge on any atom is 0.137 e. The summed E-state index contributed by atoms with van der Waals surface area (Å²) in [4.78, 5) is 0. The van der Waals surface area contributed by atoms with Crippen molar-refractivity contribution >= 4 is 0 Å². The number of benzene rings is 1.